The third-order valence-electron chi connectivity index (χ3n) is 2.76. The molecular weight excluding hydrogens is 262 g/mol. The Morgan fingerprint density at radius 2 is 2.26 bits per heavy atom. The molecule has 1 N–H and O–H groups in total. The van der Waals surface area contributed by atoms with Crippen LogP contribution in [-0.2, 0) is 13.1 Å². The third-order valence-corrected chi connectivity index (χ3v) is 3.12. The zero-order valence-electron chi connectivity index (χ0n) is 11.0. The van der Waals surface area contributed by atoms with Gasteiger partial charge >= 0.3 is 0 Å². The molecule has 19 heavy (non-hydrogen) atoms. The Morgan fingerprint density at radius 3 is 3.00 bits per heavy atom. The van der Waals surface area contributed by atoms with Crippen molar-refractivity contribution in [1.29, 1.82) is 0 Å². The van der Waals surface area contributed by atoms with Crippen molar-refractivity contribution in [2.24, 2.45) is 0 Å². The van der Waals surface area contributed by atoms with Gasteiger partial charge in [-0.2, -0.15) is 5.10 Å². The van der Waals surface area contributed by atoms with Crippen LogP contribution in [0.5, 0.6) is 5.75 Å². The lowest BCUT2D eigenvalue weighted by atomic mass is 10.2. The number of halogens is 1. The van der Waals surface area contributed by atoms with Gasteiger partial charge in [0.25, 0.3) is 0 Å². The van der Waals surface area contributed by atoms with Crippen LogP contribution in [-0.4, -0.2) is 22.9 Å². The van der Waals surface area contributed by atoms with Crippen molar-refractivity contribution in [3.8, 4) is 5.75 Å². The number of nitrogens with one attached hydrogen (secondary N) is 1. The minimum absolute atomic E-state index is 0.571. The molecule has 0 aliphatic rings. The average molecular weight is 280 g/mol. The number of hydrogen-bond acceptors (Lipinski definition) is 3. The summed E-state index contributed by atoms with van der Waals surface area (Å²) in [6, 6.07) is 7.63. The Kier molecular flexibility index (Phi) is 5.24. The van der Waals surface area contributed by atoms with Crippen LogP contribution in [0.3, 0.4) is 0 Å². The van der Waals surface area contributed by atoms with Crippen molar-refractivity contribution in [3.63, 3.8) is 0 Å². The zero-order valence-corrected chi connectivity index (χ0v) is 11.7. The molecule has 0 bridgehead atoms. The molecule has 1 heterocycles. The molecule has 0 radical (unpaired) electrons. The largest absolute Gasteiger partial charge is 0.491 e. The van der Waals surface area contributed by atoms with Crippen molar-refractivity contribution in [2.75, 3.05) is 13.2 Å². The molecule has 0 unspecified atom stereocenters. The summed E-state index contributed by atoms with van der Waals surface area (Å²) in [7, 11) is 0. The van der Waals surface area contributed by atoms with Gasteiger partial charge in [-0.15, -0.1) is 0 Å². The Balaban J connectivity index is 1.96. The fourth-order valence-corrected chi connectivity index (χ4v) is 2.01. The van der Waals surface area contributed by atoms with E-state index in [2.05, 4.69) is 17.3 Å². The fourth-order valence-electron chi connectivity index (χ4n) is 1.78. The quantitative estimate of drug-likeness (QED) is 0.847. The SMILES string of the molecule is CCNCc1c(Cl)cccc1OCCn1cccn1. The summed E-state index contributed by atoms with van der Waals surface area (Å²) in [5.74, 6) is 0.834. The molecule has 0 atom stereocenters. The number of aromatic nitrogens is 2. The molecule has 0 fully saturated rings. The number of benzene rings is 1. The molecule has 1 aromatic carbocycles. The molecule has 4 nitrogen and oxygen atoms in total. The minimum Gasteiger partial charge on any atom is -0.491 e. The van der Waals surface area contributed by atoms with E-state index in [0.29, 0.717) is 13.2 Å². The molecule has 0 saturated heterocycles. The van der Waals surface area contributed by atoms with Crippen LogP contribution < -0.4 is 10.1 Å². The second kappa shape index (κ2) is 7.16. The van der Waals surface area contributed by atoms with E-state index in [1.54, 1.807) is 6.20 Å². The van der Waals surface area contributed by atoms with Crippen LogP contribution in [0.25, 0.3) is 0 Å². The number of hydrogen-bond donors (Lipinski definition) is 1. The summed E-state index contributed by atoms with van der Waals surface area (Å²) >= 11 is 6.21. The van der Waals surface area contributed by atoms with E-state index in [1.165, 1.54) is 0 Å². The topological polar surface area (TPSA) is 39.1 Å². The predicted molar refractivity (Wildman–Crippen MR) is 76.6 cm³/mol. The number of ether oxygens (including phenoxy) is 1. The van der Waals surface area contributed by atoms with Crippen LogP contribution in [0.2, 0.25) is 5.02 Å². The van der Waals surface area contributed by atoms with Gasteiger partial charge in [0.05, 0.1) is 6.54 Å². The van der Waals surface area contributed by atoms with Crippen LogP contribution in [0, 0.1) is 0 Å². The van der Waals surface area contributed by atoms with E-state index in [0.717, 1.165) is 29.4 Å². The summed E-state index contributed by atoms with van der Waals surface area (Å²) in [5, 5.41) is 8.14. The first kappa shape index (κ1) is 13.9. The molecule has 5 heteroatoms. The van der Waals surface area contributed by atoms with Crippen molar-refractivity contribution in [2.45, 2.75) is 20.0 Å². The van der Waals surface area contributed by atoms with Crippen LogP contribution in [0.4, 0.5) is 0 Å². The van der Waals surface area contributed by atoms with E-state index in [-0.39, 0.29) is 0 Å². The molecule has 0 aliphatic heterocycles. The summed E-state index contributed by atoms with van der Waals surface area (Å²) in [5.41, 5.74) is 1.01. The van der Waals surface area contributed by atoms with E-state index < -0.39 is 0 Å². The second-order valence-corrected chi connectivity index (χ2v) is 4.52. The van der Waals surface area contributed by atoms with Crippen LogP contribution in [0.15, 0.2) is 36.7 Å². The van der Waals surface area contributed by atoms with Gasteiger partial charge in [0.1, 0.15) is 12.4 Å². The Hall–Kier alpha value is -1.52. The third kappa shape index (κ3) is 3.98. The molecule has 102 valence electrons. The minimum atomic E-state index is 0.571. The number of nitrogens with zero attached hydrogens (tertiary/aromatic N) is 2. The van der Waals surface area contributed by atoms with E-state index in [4.69, 9.17) is 16.3 Å². The highest BCUT2D eigenvalue weighted by Crippen LogP contribution is 2.26. The van der Waals surface area contributed by atoms with E-state index in [9.17, 15) is 0 Å². The van der Waals surface area contributed by atoms with Gasteiger partial charge in [-0.05, 0) is 24.7 Å². The van der Waals surface area contributed by atoms with Crippen molar-refractivity contribution < 1.29 is 4.74 Å². The van der Waals surface area contributed by atoms with Crippen LogP contribution in [0.1, 0.15) is 12.5 Å². The summed E-state index contributed by atoms with van der Waals surface area (Å²) in [6.07, 6.45) is 3.68. The van der Waals surface area contributed by atoms with Gasteiger partial charge in [0.15, 0.2) is 0 Å². The highest BCUT2D eigenvalue weighted by atomic mass is 35.5. The molecular formula is C14H18ClN3O. The van der Waals surface area contributed by atoms with Crippen molar-refractivity contribution >= 4 is 11.6 Å². The Labute approximate surface area is 118 Å². The lowest BCUT2D eigenvalue weighted by molar-refractivity contribution is 0.288. The first-order valence-electron chi connectivity index (χ1n) is 6.39. The molecule has 0 amide bonds. The lowest BCUT2D eigenvalue weighted by Crippen LogP contribution is -2.14. The maximum absolute atomic E-state index is 6.21. The van der Waals surface area contributed by atoms with Gasteiger partial charge in [-0.25, -0.2) is 0 Å². The first-order valence-corrected chi connectivity index (χ1v) is 6.77. The zero-order chi connectivity index (χ0) is 13.5. The standard InChI is InChI=1S/C14H18ClN3O/c1-2-16-11-12-13(15)5-3-6-14(12)19-10-9-18-8-4-7-17-18/h3-8,16H,2,9-11H2,1H3. The molecule has 1 aromatic heterocycles. The van der Waals surface area contributed by atoms with Crippen molar-refractivity contribution in [3.05, 3.63) is 47.2 Å². The second-order valence-electron chi connectivity index (χ2n) is 4.11. The lowest BCUT2D eigenvalue weighted by Gasteiger charge is -2.13. The Bertz CT molecular complexity index is 499. The summed E-state index contributed by atoms with van der Waals surface area (Å²) in [6.45, 7) is 4.97. The molecule has 0 spiro atoms. The smallest absolute Gasteiger partial charge is 0.125 e. The Morgan fingerprint density at radius 1 is 1.37 bits per heavy atom. The predicted octanol–water partition coefficient (Wildman–Crippen LogP) is 2.73. The summed E-state index contributed by atoms with van der Waals surface area (Å²) < 4.78 is 7.64. The first-order chi connectivity index (χ1) is 9.31. The molecule has 2 rings (SSSR count). The normalized spacial score (nSPS) is 10.6. The van der Waals surface area contributed by atoms with Crippen LogP contribution >= 0.6 is 11.6 Å². The monoisotopic (exact) mass is 279 g/mol. The maximum atomic E-state index is 6.21. The van der Waals surface area contributed by atoms with E-state index >= 15 is 0 Å². The molecule has 0 aliphatic carbocycles. The highest BCUT2D eigenvalue weighted by Gasteiger charge is 2.07. The maximum Gasteiger partial charge on any atom is 0.125 e. The average Bonchev–Trinajstić information content (AvgIpc) is 2.91. The summed E-state index contributed by atoms with van der Waals surface area (Å²) in [4.78, 5) is 0. The van der Waals surface area contributed by atoms with Gasteiger partial charge in [-0.3, -0.25) is 4.68 Å². The molecule has 2 aromatic rings. The molecule has 0 saturated carbocycles. The van der Waals surface area contributed by atoms with Crippen molar-refractivity contribution in [1.82, 2.24) is 15.1 Å². The van der Waals surface area contributed by atoms with Gasteiger partial charge in [0, 0.05) is 29.5 Å². The van der Waals surface area contributed by atoms with Gasteiger partial charge in [-0.1, -0.05) is 24.6 Å². The fraction of sp³-hybridized carbons (Fsp3) is 0.357. The van der Waals surface area contributed by atoms with Gasteiger partial charge in [0.2, 0.25) is 0 Å². The van der Waals surface area contributed by atoms with E-state index in [1.807, 2.05) is 35.1 Å². The number of rotatable bonds is 7. The van der Waals surface area contributed by atoms with Gasteiger partial charge < -0.3 is 10.1 Å². The highest BCUT2D eigenvalue weighted by molar-refractivity contribution is 6.31.